The first-order valence-electron chi connectivity index (χ1n) is 15.0. The van der Waals surface area contributed by atoms with Crippen molar-refractivity contribution in [3.63, 3.8) is 0 Å². The quantitative estimate of drug-likeness (QED) is 0.221. The van der Waals surface area contributed by atoms with Crippen molar-refractivity contribution in [3.8, 4) is 17.2 Å². The number of halogens is 3. The number of nitriles is 1. The monoisotopic (exact) mass is 639 g/mol. The molecule has 2 atom stereocenters. The summed E-state index contributed by atoms with van der Waals surface area (Å²) in [7, 11) is 0. The lowest BCUT2D eigenvalue weighted by atomic mass is 9.83. The Kier molecular flexibility index (Phi) is 9.23. The fraction of sp³-hybridized carbons (Fsp3) is 0.455. The van der Waals surface area contributed by atoms with Crippen molar-refractivity contribution in [2.75, 3.05) is 19.6 Å². The Hall–Kier alpha value is -3.95. The molecular weight excluding hydrogens is 603 g/mol. The van der Waals surface area contributed by atoms with Crippen molar-refractivity contribution >= 4 is 23.2 Å². The molecule has 1 aromatic carbocycles. The molecule has 3 aromatic rings. The molecule has 0 aliphatic carbocycles. The predicted octanol–water partition coefficient (Wildman–Crippen LogP) is 6.36. The lowest BCUT2D eigenvalue weighted by Crippen LogP contribution is -2.40. The van der Waals surface area contributed by atoms with Crippen LogP contribution in [0.5, 0.6) is 0 Å². The third-order valence-corrected chi connectivity index (χ3v) is 9.04. The molecule has 4 heterocycles. The highest BCUT2D eigenvalue weighted by Gasteiger charge is 2.39. The molecular formula is C33H36F3N5O3S. The van der Waals surface area contributed by atoms with Gasteiger partial charge in [0.05, 0.1) is 6.54 Å². The number of carbonyl (C=O) groups excluding carboxylic acids is 2. The first kappa shape index (κ1) is 32.4. The molecule has 1 saturated heterocycles. The Morgan fingerprint density at radius 2 is 1.93 bits per heavy atom. The summed E-state index contributed by atoms with van der Waals surface area (Å²) < 4.78 is 49.1. The summed E-state index contributed by atoms with van der Waals surface area (Å²) in [5.41, 5.74) is 0.283. The molecule has 238 valence electrons. The number of nitrogens with zero attached hydrogens (tertiary/aromatic N) is 5. The second-order valence-corrected chi connectivity index (χ2v) is 13.4. The fourth-order valence-corrected chi connectivity index (χ4v) is 7.05. The highest BCUT2D eigenvalue weighted by Crippen LogP contribution is 2.44. The number of fused-ring (bicyclic) bond motifs is 1. The van der Waals surface area contributed by atoms with Gasteiger partial charge in [0.2, 0.25) is 5.91 Å². The number of ether oxygens (including phenoxy) is 1. The van der Waals surface area contributed by atoms with Gasteiger partial charge in [-0.25, -0.2) is 0 Å². The Morgan fingerprint density at radius 3 is 2.62 bits per heavy atom. The van der Waals surface area contributed by atoms with Gasteiger partial charge in [-0.15, -0.1) is 11.3 Å². The van der Waals surface area contributed by atoms with E-state index >= 15 is 0 Å². The standard InChI is InChI=1S/C33H36F3N5O3S/c1-5-41-19-26(30(38-41)33(34,35)36)23-11-7-6-10-22(23)25-18-40(20-28-24(25)16-21(17-37)45-28)29(42)13-9-15-39-14-8-12-27(39)31(43)44-32(2,3)4/h6-7,9-11,13,16,19,25,27H,5,8,12,14-15,18,20H2,1-4H3/b13-9+/t25-,27-/m0/s1. The van der Waals surface area contributed by atoms with Crippen LogP contribution in [0.4, 0.5) is 13.2 Å². The summed E-state index contributed by atoms with van der Waals surface area (Å²) in [6.07, 6.45) is 1.54. The van der Waals surface area contributed by atoms with Crippen LogP contribution in [0.25, 0.3) is 11.1 Å². The molecule has 1 fully saturated rings. The second-order valence-electron chi connectivity index (χ2n) is 12.3. The molecule has 2 aliphatic heterocycles. The summed E-state index contributed by atoms with van der Waals surface area (Å²) in [4.78, 5) is 31.2. The van der Waals surface area contributed by atoms with Crippen molar-refractivity contribution in [2.45, 2.75) is 77.4 Å². The number of rotatable bonds is 7. The molecule has 0 bridgehead atoms. The van der Waals surface area contributed by atoms with Crippen LogP contribution < -0.4 is 0 Å². The molecule has 5 rings (SSSR count). The molecule has 8 nitrogen and oxygen atoms in total. The van der Waals surface area contributed by atoms with Crippen molar-refractivity contribution in [1.29, 1.82) is 5.26 Å². The zero-order chi connectivity index (χ0) is 32.5. The molecule has 0 unspecified atom stereocenters. The van der Waals surface area contributed by atoms with Gasteiger partial charge in [-0.2, -0.15) is 23.5 Å². The molecule has 0 radical (unpaired) electrons. The molecule has 1 amide bonds. The Morgan fingerprint density at radius 1 is 1.18 bits per heavy atom. The summed E-state index contributed by atoms with van der Waals surface area (Å²) in [6.45, 7) is 9.13. The van der Waals surface area contributed by atoms with Gasteiger partial charge >= 0.3 is 12.1 Å². The number of amides is 1. The number of hydrogen-bond acceptors (Lipinski definition) is 7. The van der Waals surface area contributed by atoms with Crippen LogP contribution in [-0.4, -0.2) is 62.7 Å². The number of benzene rings is 1. The first-order valence-corrected chi connectivity index (χ1v) is 15.8. The van der Waals surface area contributed by atoms with E-state index in [2.05, 4.69) is 11.2 Å². The van der Waals surface area contributed by atoms with Crippen LogP contribution in [0.2, 0.25) is 0 Å². The summed E-state index contributed by atoms with van der Waals surface area (Å²) >= 11 is 1.29. The van der Waals surface area contributed by atoms with Crippen LogP contribution in [0.3, 0.4) is 0 Å². The van der Waals surface area contributed by atoms with Crippen LogP contribution in [0.1, 0.15) is 73.0 Å². The maximum Gasteiger partial charge on any atom is 0.435 e. The van der Waals surface area contributed by atoms with E-state index in [1.165, 1.54) is 28.3 Å². The van der Waals surface area contributed by atoms with Crippen LogP contribution in [-0.2, 0) is 33.6 Å². The normalized spacial score (nSPS) is 19.1. The van der Waals surface area contributed by atoms with Gasteiger partial charge in [-0.05, 0) is 69.8 Å². The van der Waals surface area contributed by atoms with Crippen molar-refractivity contribution in [1.82, 2.24) is 19.6 Å². The van der Waals surface area contributed by atoms with Gasteiger partial charge in [-0.1, -0.05) is 30.3 Å². The first-order chi connectivity index (χ1) is 21.3. The van der Waals surface area contributed by atoms with E-state index in [9.17, 15) is 28.0 Å². The van der Waals surface area contributed by atoms with E-state index in [4.69, 9.17) is 4.74 Å². The predicted molar refractivity (Wildman–Crippen MR) is 164 cm³/mol. The molecule has 45 heavy (non-hydrogen) atoms. The number of alkyl halides is 3. The summed E-state index contributed by atoms with van der Waals surface area (Å²) in [6, 6.07) is 10.5. The van der Waals surface area contributed by atoms with E-state index in [0.29, 0.717) is 29.0 Å². The zero-order valence-electron chi connectivity index (χ0n) is 25.7. The van der Waals surface area contributed by atoms with Crippen LogP contribution in [0.15, 0.2) is 48.7 Å². The topological polar surface area (TPSA) is 91.5 Å². The maximum absolute atomic E-state index is 14.1. The average molecular weight is 640 g/mol. The zero-order valence-corrected chi connectivity index (χ0v) is 26.5. The fourth-order valence-electron chi connectivity index (χ4n) is 6.02. The van der Waals surface area contributed by atoms with Crippen LogP contribution >= 0.6 is 11.3 Å². The summed E-state index contributed by atoms with van der Waals surface area (Å²) in [5.74, 6) is -0.978. The van der Waals surface area contributed by atoms with Gasteiger partial charge in [0, 0.05) is 48.3 Å². The van der Waals surface area contributed by atoms with Crippen molar-refractivity contribution < 1.29 is 27.5 Å². The molecule has 12 heteroatoms. The van der Waals surface area contributed by atoms with Crippen LogP contribution in [0, 0.1) is 11.3 Å². The third kappa shape index (κ3) is 7.15. The van der Waals surface area contributed by atoms with E-state index in [1.54, 1.807) is 48.2 Å². The molecule has 0 spiro atoms. The Bertz CT molecular complexity index is 1650. The average Bonchev–Trinajstić information content (AvgIpc) is 3.73. The second kappa shape index (κ2) is 12.8. The highest BCUT2D eigenvalue weighted by molar-refractivity contribution is 7.12. The minimum atomic E-state index is -4.65. The number of esters is 1. The molecule has 0 N–H and O–H groups in total. The van der Waals surface area contributed by atoms with Gasteiger partial charge < -0.3 is 9.64 Å². The molecule has 0 saturated carbocycles. The lowest BCUT2D eigenvalue weighted by molar-refractivity contribution is -0.160. The Balaban J connectivity index is 1.42. The number of aromatic nitrogens is 2. The maximum atomic E-state index is 14.1. The van der Waals surface area contributed by atoms with Crippen molar-refractivity contribution in [2.24, 2.45) is 0 Å². The van der Waals surface area contributed by atoms with Gasteiger partial charge in [-0.3, -0.25) is 19.2 Å². The minimum Gasteiger partial charge on any atom is -0.459 e. The summed E-state index contributed by atoms with van der Waals surface area (Å²) in [5, 5.41) is 13.5. The third-order valence-electron chi connectivity index (χ3n) is 8.00. The number of thiophene rings is 1. The SMILES string of the molecule is CCn1cc(-c2ccccc2[C@@H]2CN(C(=O)/C=C/CN3CCC[C@H]3C(=O)OC(C)(C)C)Cc3sc(C#N)cc32)c(C(F)(F)F)n1. The molecule has 2 aromatic heterocycles. The largest absolute Gasteiger partial charge is 0.459 e. The smallest absolute Gasteiger partial charge is 0.435 e. The minimum absolute atomic E-state index is 0.0225. The molecule has 2 aliphatic rings. The van der Waals surface area contributed by atoms with E-state index in [-0.39, 0.29) is 43.1 Å². The number of likely N-dealkylation sites (tertiary alicyclic amines) is 1. The number of carbonyl (C=O) groups is 2. The van der Waals surface area contributed by atoms with E-state index in [0.717, 1.165) is 23.4 Å². The van der Waals surface area contributed by atoms with E-state index in [1.807, 2.05) is 25.7 Å². The Labute approximate surface area is 264 Å². The van der Waals surface area contributed by atoms with Gasteiger partial charge in [0.25, 0.3) is 0 Å². The van der Waals surface area contributed by atoms with Crippen molar-refractivity contribution in [3.05, 3.63) is 75.3 Å². The number of hydrogen-bond donors (Lipinski definition) is 0. The van der Waals surface area contributed by atoms with Gasteiger partial charge in [0.15, 0.2) is 5.69 Å². The lowest BCUT2D eigenvalue weighted by Gasteiger charge is -2.33. The number of aryl methyl sites for hydroxylation is 1. The van der Waals surface area contributed by atoms with E-state index < -0.39 is 23.4 Å². The highest BCUT2D eigenvalue weighted by atomic mass is 32.1. The van der Waals surface area contributed by atoms with Gasteiger partial charge in [0.1, 0.15) is 22.6 Å².